The van der Waals surface area contributed by atoms with Crippen molar-refractivity contribution in [3.05, 3.63) is 30.1 Å². The van der Waals surface area contributed by atoms with Crippen LogP contribution in [0.2, 0.25) is 0 Å². The number of aromatic nitrogens is 2. The summed E-state index contributed by atoms with van der Waals surface area (Å²) in [5.41, 5.74) is 2.17. The lowest BCUT2D eigenvalue weighted by molar-refractivity contribution is 0.247. The van der Waals surface area contributed by atoms with Gasteiger partial charge in [0.15, 0.2) is 0 Å². The molecule has 0 bridgehead atoms. The number of rotatable bonds is 4. The van der Waals surface area contributed by atoms with Crippen molar-refractivity contribution in [2.24, 2.45) is 5.92 Å². The number of hydrogen-bond acceptors (Lipinski definition) is 3. The zero-order chi connectivity index (χ0) is 14.8. The molecule has 2 atom stereocenters. The molecule has 1 aromatic heterocycles. The minimum absolute atomic E-state index is 0.00728. The number of benzene rings is 1. The first-order valence-electron chi connectivity index (χ1n) is 7.79. The standard InChI is InChI=1S/C17H22N4/c1-13(11-18)12-21-16-8-4-3-7-15(16)19-17(21)14(2)20-9-5-6-10-20/h3-4,7-8,13-14H,5-6,9-10,12H2,1-2H3. The summed E-state index contributed by atoms with van der Waals surface area (Å²) < 4.78 is 2.24. The second-order valence-corrected chi connectivity index (χ2v) is 6.02. The van der Waals surface area contributed by atoms with Crippen LogP contribution in [0, 0.1) is 17.2 Å². The third kappa shape index (κ3) is 2.66. The number of hydrogen-bond donors (Lipinski definition) is 0. The van der Waals surface area contributed by atoms with Crippen LogP contribution in [0.5, 0.6) is 0 Å². The highest BCUT2D eigenvalue weighted by Gasteiger charge is 2.25. The molecule has 0 spiro atoms. The molecule has 1 aromatic carbocycles. The molecule has 1 aliphatic rings. The molecule has 1 aliphatic heterocycles. The molecular formula is C17H22N4. The van der Waals surface area contributed by atoms with Crippen molar-refractivity contribution in [3.63, 3.8) is 0 Å². The molecule has 0 radical (unpaired) electrons. The monoisotopic (exact) mass is 282 g/mol. The van der Waals surface area contributed by atoms with E-state index in [0.29, 0.717) is 12.6 Å². The van der Waals surface area contributed by atoms with Gasteiger partial charge in [-0.2, -0.15) is 5.26 Å². The van der Waals surface area contributed by atoms with Gasteiger partial charge >= 0.3 is 0 Å². The summed E-state index contributed by atoms with van der Waals surface area (Å²) in [4.78, 5) is 7.35. The minimum Gasteiger partial charge on any atom is -0.325 e. The Morgan fingerprint density at radius 2 is 1.95 bits per heavy atom. The SMILES string of the molecule is CC(C#N)Cn1c(C(C)N2CCCC2)nc2ccccc21. The molecule has 2 unspecified atom stereocenters. The van der Waals surface area contributed by atoms with Gasteiger partial charge in [0.1, 0.15) is 5.82 Å². The van der Waals surface area contributed by atoms with Crippen molar-refractivity contribution in [2.75, 3.05) is 13.1 Å². The van der Waals surface area contributed by atoms with Gasteiger partial charge in [-0.1, -0.05) is 12.1 Å². The molecule has 0 N–H and O–H groups in total. The molecule has 2 heterocycles. The molecular weight excluding hydrogens is 260 g/mol. The van der Waals surface area contributed by atoms with E-state index in [2.05, 4.69) is 34.6 Å². The van der Waals surface area contributed by atoms with E-state index in [9.17, 15) is 0 Å². The van der Waals surface area contributed by atoms with Crippen LogP contribution < -0.4 is 0 Å². The van der Waals surface area contributed by atoms with Gasteiger partial charge in [0.2, 0.25) is 0 Å². The maximum Gasteiger partial charge on any atom is 0.127 e. The number of imidazole rings is 1. The van der Waals surface area contributed by atoms with Crippen molar-refractivity contribution in [2.45, 2.75) is 39.3 Å². The lowest BCUT2D eigenvalue weighted by atomic mass is 10.2. The summed E-state index contributed by atoms with van der Waals surface area (Å²) in [6, 6.07) is 10.9. The predicted molar refractivity (Wildman–Crippen MR) is 83.7 cm³/mol. The molecule has 1 saturated heterocycles. The fourth-order valence-electron chi connectivity index (χ4n) is 3.21. The number of para-hydroxylation sites is 2. The second kappa shape index (κ2) is 5.87. The number of nitrogens with zero attached hydrogens (tertiary/aromatic N) is 4. The van der Waals surface area contributed by atoms with Crippen LogP contribution in [0.25, 0.3) is 11.0 Å². The van der Waals surface area contributed by atoms with Crippen molar-refractivity contribution >= 4 is 11.0 Å². The molecule has 4 heteroatoms. The van der Waals surface area contributed by atoms with Crippen LogP contribution >= 0.6 is 0 Å². The Hall–Kier alpha value is -1.86. The average Bonchev–Trinajstić information content (AvgIpc) is 3.15. The maximum absolute atomic E-state index is 9.15. The van der Waals surface area contributed by atoms with Gasteiger partial charge in [-0.25, -0.2) is 4.98 Å². The van der Waals surface area contributed by atoms with Crippen LogP contribution in [0.3, 0.4) is 0 Å². The van der Waals surface area contributed by atoms with E-state index >= 15 is 0 Å². The molecule has 0 amide bonds. The molecule has 1 fully saturated rings. The highest BCUT2D eigenvalue weighted by Crippen LogP contribution is 2.28. The smallest absolute Gasteiger partial charge is 0.127 e. The zero-order valence-electron chi connectivity index (χ0n) is 12.8. The van der Waals surface area contributed by atoms with E-state index in [4.69, 9.17) is 10.2 Å². The van der Waals surface area contributed by atoms with Gasteiger partial charge in [-0.05, 0) is 51.9 Å². The quantitative estimate of drug-likeness (QED) is 0.863. The first-order valence-corrected chi connectivity index (χ1v) is 7.79. The topological polar surface area (TPSA) is 44.9 Å². The number of nitriles is 1. The normalized spacial score (nSPS) is 18.7. The highest BCUT2D eigenvalue weighted by atomic mass is 15.2. The average molecular weight is 282 g/mol. The Labute approximate surface area is 126 Å². The van der Waals surface area contributed by atoms with Crippen molar-refractivity contribution in [1.29, 1.82) is 5.26 Å². The van der Waals surface area contributed by atoms with Gasteiger partial charge < -0.3 is 4.57 Å². The number of fused-ring (bicyclic) bond motifs is 1. The summed E-state index contributed by atoms with van der Waals surface area (Å²) >= 11 is 0. The van der Waals surface area contributed by atoms with E-state index < -0.39 is 0 Å². The first kappa shape index (κ1) is 14.1. The van der Waals surface area contributed by atoms with E-state index in [1.165, 1.54) is 12.8 Å². The third-order valence-electron chi connectivity index (χ3n) is 4.42. The molecule has 0 saturated carbocycles. The first-order chi connectivity index (χ1) is 10.2. The predicted octanol–water partition coefficient (Wildman–Crippen LogP) is 3.35. The molecule has 0 aliphatic carbocycles. The Bertz CT molecular complexity index is 661. The molecule has 2 aromatic rings. The molecule has 110 valence electrons. The van der Waals surface area contributed by atoms with Crippen LogP contribution in [-0.4, -0.2) is 27.5 Å². The summed E-state index contributed by atoms with van der Waals surface area (Å²) in [7, 11) is 0. The van der Waals surface area contributed by atoms with Crippen LogP contribution in [0.15, 0.2) is 24.3 Å². The van der Waals surface area contributed by atoms with Gasteiger partial charge in [0.25, 0.3) is 0 Å². The van der Waals surface area contributed by atoms with Gasteiger partial charge in [-0.3, -0.25) is 4.90 Å². The lowest BCUT2D eigenvalue weighted by Gasteiger charge is -2.24. The van der Waals surface area contributed by atoms with E-state index in [-0.39, 0.29) is 5.92 Å². The minimum atomic E-state index is -0.00728. The van der Waals surface area contributed by atoms with Crippen molar-refractivity contribution < 1.29 is 0 Å². The Kier molecular flexibility index (Phi) is 3.94. The Morgan fingerprint density at radius 1 is 1.24 bits per heavy atom. The van der Waals surface area contributed by atoms with Crippen molar-refractivity contribution in [3.8, 4) is 6.07 Å². The Morgan fingerprint density at radius 3 is 2.67 bits per heavy atom. The summed E-state index contributed by atoms with van der Waals surface area (Å²) in [6.45, 7) is 7.22. The second-order valence-electron chi connectivity index (χ2n) is 6.02. The van der Waals surface area contributed by atoms with Gasteiger partial charge in [0.05, 0.1) is 29.1 Å². The fourth-order valence-corrected chi connectivity index (χ4v) is 3.21. The van der Waals surface area contributed by atoms with Crippen molar-refractivity contribution in [1.82, 2.24) is 14.5 Å². The highest BCUT2D eigenvalue weighted by molar-refractivity contribution is 5.76. The lowest BCUT2D eigenvalue weighted by Crippen LogP contribution is -2.26. The van der Waals surface area contributed by atoms with Gasteiger partial charge in [-0.15, -0.1) is 0 Å². The molecule has 4 nitrogen and oxygen atoms in total. The Balaban J connectivity index is 2.03. The summed E-state index contributed by atoms with van der Waals surface area (Å²) in [5, 5.41) is 9.15. The van der Waals surface area contributed by atoms with Crippen LogP contribution in [-0.2, 0) is 6.54 Å². The summed E-state index contributed by atoms with van der Waals surface area (Å²) in [6.07, 6.45) is 2.55. The zero-order valence-corrected chi connectivity index (χ0v) is 12.8. The summed E-state index contributed by atoms with van der Waals surface area (Å²) in [5.74, 6) is 1.09. The number of likely N-dealkylation sites (tertiary alicyclic amines) is 1. The third-order valence-corrected chi connectivity index (χ3v) is 4.42. The molecule has 21 heavy (non-hydrogen) atoms. The van der Waals surface area contributed by atoms with Gasteiger partial charge in [0, 0.05) is 6.54 Å². The fraction of sp³-hybridized carbons (Fsp3) is 0.529. The maximum atomic E-state index is 9.15. The molecule has 3 rings (SSSR count). The largest absolute Gasteiger partial charge is 0.325 e. The van der Waals surface area contributed by atoms with Crippen LogP contribution in [0.1, 0.15) is 38.6 Å². The van der Waals surface area contributed by atoms with E-state index in [1.807, 2.05) is 19.1 Å². The van der Waals surface area contributed by atoms with E-state index in [1.54, 1.807) is 0 Å². The van der Waals surface area contributed by atoms with Crippen LogP contribution in [0.4, 0.5) is 0 Å². The van der Waals surface area contributed by atoms with E-state index in [0.717, 1.165) is 29.9 Å².